The summed E-state index contributed by atoms with van der Waals surface area (Å²) < 4.78 is 0.797. The molecule has 0 aliphatic carbocycles. The summed E-state index contributed by atoms with van der Waals surface area (Å²) in [6.45, 7) is 1.47. The molecule has 1 aliphatic rings. The summed E-state index contributed by atoms with van der Waals surface area (Å²) in [4.78, 5) is 19.8. The number of carbonyl (C=O) groups is 1. The fourth-order valence-electron chi connectivity index (χ4n) is 3.00. The molecule has 0 saturated carbocycles. The van der Waals surface area contributed by atoms with Crippen LogP contribution in [0.15, 0.2) is 42.7 Å². The number of likely N-dealkylation sites (tertiary alicyclic amines) is 1. The van der Waals surface area contributed by atoms with Crippen molar-refractivity contribution in [1.29, 1.82) is 0 Å². The number of nitrogens with one attached hydrogen (secondary N) is 1. The van der Waals surface area contributed by atoms with E-state index < -0.39 is 0 Å². The molecule has 0 radical (unpaired) electrons. The van der Waals surface area contributed by atoms with Gasteiger partial charge >= 0.3 is 0 Å². The van der Waals surface area contributed by atoms with Gasteiger partial charge in [0, 0.05) is 41.8 Å². The second-order valence-corrected chi connectivity index (χ2v) is 7.53. The van der Waals surface area contributed by atoms with E-state index in [2.05, 4.69) is 21.2 Å². The Bertz CT molecular complexity index is 860. The van der Waals surface area contributed by atoms with Crippen molar-refractivity contribution >= 4 is 28.8 Å². The zero-order valence-corrected chi connectivity index (χ0v) is 14.3. The van der Waals surface area contributed by atoms with Gasteiger partial charge in [0.1, 0.15) is 5.69 Å². The molecule has 1 atom stereocenters. The van der Waals surface area contributed by atoms with E-state index in [1.165, 1.54) is 4.88 Å². The normalized spacial score (nSPS) is 17.4. The zero-order chi connectivity index (χ0) is 16.5. The molecule has 122 valence electrons. The number of hydrogen-bond acceptors (Lipinski definition) is 4. The molecule has 0 aromatic carbocycles. The molecular formula is C17H15ClN4OS. The van der Waals surface area contributed by atoms with Gasteiger partial charge in [-0.1, -0.05) is 11.6 Å². The Hall–Kier alpha value is -2.18. The molecular weight excluding hydrogens is 344 g/mol. The van der Waals surface area contributed by atoms with E-state index >= 15 is 0 Å². The Labute approximate surface area is 148 Å². The molecule has 3 aromatic heterocycles. The fourth-order valence-corrected chi connectivity index (χ4v) is 4.18. The van der Waals surface area contributed by atoms with Crippen LogP contribution < -0.4 is 0 Å². The minimum absolute atomic E-state index is 0.00652. The number of thiophene rings is 1. The number of halogens is 1. The van der Waals surface area contributed by atoms with E-state index in [4.69, 9.17) is 11.6 Å². The molecule has 3 aromatic rings. The summed E-state index contributed by atoms with van der Waals surface area (Å²) in [6.07, 6.45) is 4.39. The number of aromatic amines is 1. The number of carbonyl (C=O) groups excluding carboxylic acids is 1. The lowest BCUT2D eigenvalue weighted by Crippen LogP contribution is -2.28. The molecule has 5 nitrogen and oxygen atoms in total. The van der Waals surface area contributed by atoms with Gasteiger partial charge < -0.3 is 4.90 Å². The first-order valence-electron chi connectivity index (χ1n) is 7.71. The molecule has 0 bridgehead atoms. The predicted octanol–water partition coefficient (Wildman–Crippen LogP) is 3.82. The Kier molecular flexibility index (Phi) is 4.08. The second kappa shape index (κ2) is 6.37. The van der Waals surface area contributed by atoms with Crippen molar-refractivity contribution < 1.29 is 4.79 Å². The van der Waals surface area contributed by atoms with Crippen LogP contribution in [0.1, 0.15) is 27.7 Å². The standard InChI is InChI=1S/C17H15ClN4OS/c18-16-2-1-15(24-16)12-5-8-22(10-12)17(23)14-9-13(20-21-14)11-3-6-19-7-4-11/h1-4,6-7,9,12H,5,8,10H2,(H,20,21). The monoisotopic (exact) mass is 358 g/mol. The first kappa shape index (κ1) is 15.4. The number of aromatic nitrogens is 3. The summed E-state index contributed by atoms with van der Waals surface area (Å²) in [6, 6.07) is 9.52. The maximum Gasteiger partial charge on any atom is 0.271 e. The highest BCUT2D eigenvalue weighted by Gasteiger charge is 2.29. The van der Waals surface area contributed by atoms with Crippen molar-refractivity contribution in [1.82, 2.24) is 20.1 Å². The van der Waals surface area contributed by atoms with E-state index in [1.807, 2.05) is 23.1 Å². The number of H-pyrrole nitrogens is 1. The molecule has 1 fully saturated rings. The van der Waals surface area contributed by atoms with Gasteiger partial charge in [-0.3, -0.25) is 14.9 Å². The van der Waals surface area contributed by atoms with E-state index in [1.54, 1.807) is 29.8 Å². The maximum atomic E-state index is 12.7. The van der Waals surface area contributed by atoms with E-state index in [0.29, 0.717) is 11.6 Å². The van der Waals surface area contributed by atoms with Crippen LogP contribution in [0.5, 0.6) is 0 Å². The minimum atomic E-state index is -0.00652. The fraction of sp³-hybridized carbons (Fsp3) is 0.235. The molecule has 1 N–H and O–H groups in total. The Morgan fingerprint density at radius 3 is 2.88 bits per heavy atom. The number of rotatable bonds is 3. The average Bonchev–Trinajstić information content (AvgIpc) is 3.35. The lowest BCUT2D eigenvalue weighted by molar-refractivity contribution is 0.0785. The summed E-state index contributed by atoms with van der Waals surface area (Å²) in [5, 5.41) is 7.10. The highest BCUT2D eigenvalue weighted by Crippen LogP contribution is 2.34. The quantitative estimate of drug-likeness (QED) is 0.774. The first-order valence-corrected chi connectivity index (χ1v) is 8.90. The van der Waals surface area contributed by atoms with Gasteiger partial charge in [0.05, 0.1) is 10.0 Å². The van der Waals surface area contributed by atoms with Gasteiger partial charge in [-0.15, -0.1) is 11.3 Å². The summed E-state index contributed by atoms with van der Waals surface area (Å²) >= 11 is 7.61. The molecule has 1 unspecified atom stereocenters. The van der Waals surface area contributed by atoms with E-state index in [-0.39, 0.29) is 5.91 Å². The highest BCUT2D eigenvalue weighted by atomic mass is 35.5. The van der Waals surface area contributed by atoms with Crippen LogP contribution in [0, 0.1) is 0 Å². The predicted molar refractivity (Wildman–Crippen MR) is 94.4 cm³/mol. The van der Waals surface area contributed by atoms with Gasteiger partial charge in [0.15, 0.2) is 0 Å². The van der Waals surface area contributed by atoms with Crippen molar-refractivity contribution in [3.05, 3.63) is 57.6 Å². The topological polar surface area (TPSA) is 61.9 Å². The van der Waals surface area contributed by atoms with E-state index in [9.17, 15) is 4.79 Å². The van der Waals surface area contributed by atoms with Crippen molar-refractivity contribution in [3.8, 4) is 11.3 Å². The van der Waals surface area contributed by atoms with Gasteiger partial charge in [0.25, 0.3) is 5.91 Å². The Morgan fingerprint density at radius 2 is 2.12 bits per heavy atom. The highest BCUT2D eigenvalue weighted by molar-refractivity contribution is 7.16. The van der Waals surface area contributed by atoms with Crippen molar-refractivity contribution in [2.75, 3.05) is 13.1 Å². The Balaban J connectivity index is 1.48. The third-order valence-corrected chi connectivity index (χ3v) is 5.65. The van der Waals surface area contributed by atoms with Crippen molar-refractivity contribution in [3.63, 3.8) is 0 Å². The summed E-state index contributed by atoms with van der Waals surface area (Å²) in [5.41, 5.74) is 2.21. The van der Waals surface area contributed by atoms with Crippen molar-refractivity contribution in [2.45, 2.75) is 12.3 Å². The lowest BCUT2D eigenvalue weighted by atomic mass is 10.1. The smallest absolute Gasteiger partial charge is 0.271 e. The van der Waals surface area contributed by atoms with Crippen LogP contribution in [0.3, 0.4) is 0 Å². The number of nitrogens with zero attached hydrogens (tertiary/aromatic N) is 3. The van der Waals surface area contributed by atoms with E-state index in [0.717, 1.165) is 35.1 Å². The molecule has 1 saturated heterocycles. The molecule has 24 heavy (non-hydrogen) atoms. The maximum absolute atomic E-state index is 12.7. The molecule has 1 amide bonds. The van der Waals surface area contributed by atoms with Crippen LogP contribution >= 0.6 is 22.9 Å². The molecule has 0 spiro atoms. The molecule has 1 aliphatic heterocycles. The number of hydrogen-bond donors (Lipinski definition) is 1. The van der Waals surface area contributed by atoms with Crippen LogP contribution in [-0.4, -0.2) is 39.1 Å². The summed E-state index contributed by atoms with van der Waals surface area (Å²) in [7, 11) is 0. The van der Waals surface area contributed by atoms with Gasteiger partial charge in [-0.05, 0) is 36.8 Å². The zero-order valence-electron chi connectivity index (χ0n) is 12.8. The molecule has 7 heteroatoms. The van der Waals surface area contributed by atoms with Gasteiger partial charge in [-0.2, -0.15) is 5.10 Å². The van der Waals surface area contributed by atoms with Crippen molar-refractivity contribution in [2.24, 2.45) is 0 Å². The first-order chi connectivity index (χ1) is 11.7. The minimum Gasteiger partial charge on any atom is -0.337 e. The molecule has 4 heterocycles. The number of pyridine rings is 1. The lowest BCUT2D eigenvalue weighted by Gasteiger charge is -2.14. The SMILES string of the molecule is O=C(c1cc(-c2ccncc2)n[nH]1)N1CCC(c2ccc(Cl)s2)C1. The van der Waals surface area contributed by atoms with Gasteiger partial charge in [0.2, 0.25) is 0 Å². The van der Waals surface area contributed by atoms with Gasteiger partial charge in [-0.25, -0.2) is 0 Å². The van der Waals surface area contributed by atoms with Crippen LogP contribution in [0.25, 0.3) is 11.3 Å². The second-order valence-electron chi connectivity index (χ2n) is 5.78. The Morgan fingerprint density at radius 1 is 1.29 bits per heavy atom. The van der Waals surface area contributed by atoms with Crippen LogP contribution in [0.2, 0.25) is 4.34 Å². The van der Waals surface area contributed by atoms with Crippen LogP contribution in [0.4, 0.5) is 0 Å². The largest absolute Gasteiger partial charge is 0.337 e. The van der Waals surface area contributed by atoms with Crippen LogP contribution in [-0.2, 0) is 0 Å². The number of amides is 1. The third-order valence-electron chi connectivity index (χ3n) is 4.26. The summed E-state index contributed by atoms with van der Waals surface area (Å²) in [5.74, 6) is 0.363. The molecule has 4 rings (SSSR count). The average molecular weight is 359 g/mol. The third kappa shape index (κ3) is 2.95.